The lowest BCUT2D eigenvalue weighted by Gasteiger charge is -2.14. The number of carbonyl (C=O) groups excluding carboxylic acids is 1. The number of ether oxygens (including phenoxy) is 2. The summed E-state index contributed by atoms with van der Waals surface area (Å²) in [7, 11) is 0. The standard InChI is InChI=1S/C19H25N3O3/c1-6-24-16-7-9-17(10-8-16)25-15(5)19(23)22-21-14(4)18-12(2)11-20-13(18)3/h7-11,15,20H,6H2,1-5H3,(H,22,23)/b21-14+/t15-/m0/s1. The molecule has 6 nitrogen and oxygen atoms in total. The number of rotatable bonds is 7. The molecule has 2 aromatic rings. The summed E-state index contributed by atoms with van der Waals surface area (Å²) in [5.74, 6) is 1.06. The van der Waals surface area contributed by atoms with Gasteiger partial charge in [0.2, 0.25) is 0 Å². The van der Waals surface area contributed by atoms with Crippen molar-refractivity contribution in [3.8, 4) is 11.5 Å². The molecule has 0 fully saturated rings. The fraction of sp³-hybridized carbons (Fsp3) is 0.368. The zero-order chi connectivity index (χ0) is 18.4. The lowest BCUT2D eigenvalue weighted by Crippen LogP contribution is -2.34. The summed E-state index contributed by atoms with van der Waals surface area (Å²) < 4.78 is 11.0. The van der Waals surface area contributed by atoms with Crippen LogP contribution >= 0.6 is 0 Å². The van der Waals surface area contributed by atoms with Crippen molar-refractivity contribution in [2.24, 2.45) is 5.10 Å². The highest BCUT2D eigenvalue weighted by molar-refractivity contribution is 6.01. The molecule has 134 valence electrons. The van der Waals surface area contributed by atoms with Gasteiger partial charge in [-0.05, 0) is 64.4 Å². The summed E-state index contributed by atoms with van der Waals surface area (Å²) in [6.45, 7) is 10.1. The van der Waals surface area contributed by atoms with Gasteiger partial charge in [-0.1, -0.05) is 0 Å². The molecule has 1 aromatic carbocycles. The Balaban J connectivity index is 1.94. The zero-order valence-corrected chi connectivity index (χ0v) is 15.3. The van der Waals surface area contributed by atoms with Crippen LogP contribution in [-0.2, 0) is 4.79 Å². The van der Waals surface area contributed by atoms with Crippen molar-refractivity contribution in [3.05, 3.63) is 47.3 Å². The number of nitrogens with zero attached hydrogens (tertiary/aromatic N) is 1. The van der Waals surface area contributed by atoms with Gasteiger partial charge in [-0.25, -0.2) is 5.43 Å². The normalized spacial score (nSPS) is 12.6. The molecule has 0 unspecified atom stereocenters. The molecule has 0 aliphatic heterocycles. The largest absolute Gasteiger partial charge is 0.494 e. The maximum Gasteiger partial charge on any atom is 0.280 e. The molecule has 0 bridgehead atoms. The summed E-state index contributed by atoms with van der Waals surface area (Å²) in [4.78, 5) is 15.3. The van der Waals surface area contributed by atoms with Gasteiger partial charge in [0, 0.05) is 17.5 Å². The fourth-order valence-electron chi connectivity index (χ4n) is 2.54. The van der Waals surface area contributed by atoms with E-state index >= 15 is 0 Å². The van der Waals surface area contributed by atoms with Crippen molar-refractivity contribution in [2.75, 3.05) is 6.61 Å². The minimum Gasteiger partial charge on any atom is -0.494 e. The highest BCUT2D eigenvalue weighted by atomic mass is 16.5. The van der Waals surface area contributed by atoms with Crippen molar-refractivity contribution < 1.29 is 14.3 Å². The van der Waals surface area contributed by atoms with Crippen LogP contribution < -0.4 is 14.9 Å². The highest BCUT2D eigenvalue weighted by Crippen LogP contribution is 2.18. The van der Waals surface area contributed by atoms with Crippen LogP contribution in [0.3, 0.4) is 0 Å². The molecule has 2 rings (SSSR count). The summed E-state index contributed by atoms with van der Waals surface area (Å²) in [5, 5.41) is 4.19. The number of aryl methyl sites for hydroxylation is 2. The molecule has 0 spiro atoms. The third-order valence-electron chi connectivity index (χ3n) is 3.79. The Bertz CT molecular complexity index is 728. The van der Waals surface area contributed by atoms with E-state index in [2.05, 4.69) is 15.5 Å². The van der Waals surface area contributed by atoms with Gasteiger partial charge in [-0.15, -0.1) is 0 Å². The van der Waals surface area contributed by atoms with Gasteiger partial charge < -0.3 is 14.5 Å². The van der Waals surface area contributed by atoms with E-state index in [0.717, 1.165) is 28.3 Å². The monoisotopic (exact) mass is 343 g/mol. The number of aromatic amines is 1. The predicted molar refractivity (Wildman–Crippen MR) is 98.3 cm³/mol. The van der Waals surface area contributed by atoms with Crippen molar-refractivity contribution in [1.29, 1.82) is 0 Å². The van der Waals surface area contributed by atoms with Gasteiger partial charge in [-0.2, -0.15) is 5.10 Å². The second-order valence-electron chi connectivity index (χ2n) is 5.81. The van der Waals surface area contributed by atoms with E-state index in [1.807, 2.05) is 46.0 Å². The lowest BCUT2D eigenvalue weighted by atomic mass is 10.1. The van der Waals surface area contributed by atoms with Crippen LogP contribution in [0.2, 0.25) is 0 Å². The topological polar surface area (TPSA) is 75.7 Å². The van der Waals surface area contributed by atoms with Crippen LogP contribution in [-0.4, -0.2) is 29.3 Å². The average Bonchev–Trinajstić information content (AvgIpc) is 2.93. The zero-order valence-electron chi connectivity index (χ0n) is 15.3. The quantitative estimate of drug-likeness (QED) is 0.598. The molecule has 25 heavy (non-hydrogen) atoms. The van der Waals surface area contributed by atoms with Crippen LogP contribution in [0.15, 0.2) is 35.6 Å². The number of hydrogen-bond acceptors (Lipinski definition) is 4. The van der Waals surface area contributed by atoms with E-state index in [9.17, 15) is 4.79 Å². The maximum absolute atomic E-state index is 12.2. The molecule has 0 aliphatic rings. The second-order valence-corrected chi connectivity index (χ2v) is 5.81. The van der Waals surface area contributed by atoms with Crippen LogP contribution in [0.5, 0.6) is 11.5 Å². The predicted octanol–water partition coefficient (Wildman–Crippen LogP) is 3.34. The molecule has 1 atom stereocenters. The first kappa shape index (κ1) is 18.6. The summed E-state index contributed by atoms with van der Waals surface area (Å²) in [6.07, 6.45) is 1.26. The molecule has 1 amide bonds. The van der Waals surface area contributed by atoms with Gasteiger partial charge in [0.15, 0.2) is 6.10 Å². The number of H-pyrrole nitrogens is 1. The minimum atomic E-state index is -0.664. The van der Waals surface area contributed by atoms with E-state index in [1.165, 1.54) is 0 Å². The van der Waals surface area contributed by atoms with Gasteiger partial charge in [0.25, 0.3) is 5.91 Å². The molecule has 1 heterocycles. The van der Waals surface area contributed by atoms with Crippen LogP contribution in [0.25, 0.3) is 0 Å². The highest BCUT2D eigenvalue weighted by Gasteiger charge is 2.15. The number of nitrogens with one attached hydrogen (secondary N) is 2. The number of aromatic nitrogens is 1. The number of hydrogen-bond donors (Lipinski definition) is 2. The first-order valence-electron chi connectivity index (χ1n) is 8.31. The Kier molecular flexibility index (Phi) is 6.22. The Morgan fingerprint density at radius 2 is 1.88 bits per heavy atom. The molecule has 6 heteroatoms. The van der Waals surface area contributed by atoms with Gasteiger partial charge in [-0.3, -0.25) is 4.79 Å². The summed E-state index contributed by atoms with van der Waals surface area (Å²) in [5.41, 5.74) is 6.43. The second kappa shape index (κ2) is 8.37. The Morgan fingerprint density at radius 3 is 2.44 bits per heavy atom. The Morgan fingerprint density at radius 1 is 1.24 bits per heavy atom. The van der Waals surface area contributed by atoms with E-state index in [0.29, 0.717) is 12.4 Å². The Labute approximate surface area is 148 Å². The number of benzene rings is 1. The van der Waals surface area contributed by atoms with Crippen molar-refractivity contribution in [1.82, 2.24) is 10.4 Å². The first-order valence-corrected chi connectivity index (χ1v) is 8.31. The third-order valence-corrected chi connectivity index (χ3v) is 3.79. The van der Waals surface area contributed by atoms with Crippen LogP contribution in [0.4, 0.5) is 0 Å². The summed E-state index contributed by atoms with van der Waals surface area (Å²) in [6, 6.07) is 7.16. The average molecular weight is 343 g/mol. The molecule has 1 aromatic heterocycles. The Hall–Kier alpha value is -2.76. The maximum atomic E-state index is 12.2. The molecular weight excluding hydrogens is 318 g/mol. The van der Waals surface area contributed by atoms with Crippen molar-refractivity contribution in [3.63, 3.8) is 0 Å². The molecular formula is C19H25N3O3. The van der Waals surface area contributed by atoms with E-state index in [1.54, 1.807) is 19.1 Å². The van der Waals surface area contributed by atoms with Crippen LogP contribution in [0, 0.1) is 13.8 Å². The van der Waals surface area contributed by atoms with Gasteiger partial charge in [0.05, 0.1) is 12.3 Å². The van der Waals surface area contributed by atoms with Gasteiger partial charge in [0.1, 0.15) is 11.5 Å². The number of amides is 1. The molecule has 0 saturated carbocycles. The fourth-order valence-corrected chi connectivity index (χ4v) is 2.54. The summed E-state index contributed by atoms with van der Waals surface area (Å²) >= 11 is 0. The van der Waals surface area contributed by atoms with E-state index < -0.39 is 6.10 Å². The molecule has 0 saturated heterocycles. The SMILES string of the molecule is CCOc1ccc(O[C@@H](C)C(=O)N/N=C(\C)c2c(C)c[nH]c2C)cc1. The molecule has 0 aliphatic carbocycles. The first-order chi connectivity index (χ1) is 11.9. The van der Waals surface area contributed by atoms with E-state index in [-0.39, 0.29) is 5.91 Å². The number of carbonyl (C=O) groups is 1. The third kappa shape index (κ3) is 4.86. The number of hydrazone groups is 1. The van der Waals surface area contributed by atoms with Crippen molar-refractivity contribution in [2.45, 2.75) is 40.7 Å². The van der Waals surface area contributed by atoms with Crippen molar-refractivity contribution >= 4 is 11.6 Å². The van der Waals surface area contributed by atoms with E-state index in [4.69, 9.17) is 9.47 Å². The molecule has 0 radical (unpaired) electrons. The smallest absolute Gasteiger partial charge is 0.280 e. The van der Waals surface area contributed by atoms with Gasteiger partial charge >= 0.3 is 0 Å². The molecule has 2 N–H and O–H groups in total. The minimum absolute atomic E-state index is 0.306. The lowest BCUT2D eigenvalue weighted by molar-refractivity contribution is -0.127. The van der Waals surface area contributed by atoms with Crippen LogP contribution in [0.1, 0.15) is 37.6 Å².